The predicted octanol–water partition coefficient (Wildman–Crippen LogP) is 3.98. The zero-order chi connectivity index (χ0) is 15.4. The number of tetrazole rings is 1. The molecule has 0 unspecified atom stereocenters. The van der Waals surface area contributed by atoms with Gasteiger partial charge in [0, 0.05) is 5.56 Å². The second kappa shape index (κ2) is 6.52. The molecule has 0 saturated carbocycles. The highest BCUT2D eigenvalue weighted by Crippen LogP contribution is 2.16. The topological polar surface area (TPSA) is 43.6 Å². The number of aromatic nitrogens is 4. The molecule has 3 rings (SSSR count). The Morgan fingerprint density at radius 3 is 2.36 bits per heavy atom. The van der Waals surface area contributed by atoms with Crippen LogP contribution in [-0.2, 0) is 6.42 Å². The van der Waals surface area contributed by atoms with Crippen molar-refractivity contribution in [2.75, 3.05) is 0 Å². The molecule has 2 aromatic carbocycles. The second-order valence-corrected chi connectivity index (χ2v) is 5.54. The molecule has 112 valence electrons. The largest absolute Gasteiger partial charge is 0.205 e. The predicted molar refractivity (Wildman–Crippen MR) is 87.9 cm³/mol. The first kappa shape index (κ1) is 14.4. The second-order valence-electron chi connectivity index (χ2n) is 5.54. The zero-order valence-corrected chi connectivity index (χ0v) is 13.0. The molecule has 1 heterocycles. The SMILES string of the molecule is CCCCc1ccc(-n2nnc(-c3ccc(C)cc3)n2)cc1. The maximum atomic E-state index is 4.47. The standard InChI is InChI=1S/C18H20N4/c1-3-4-5-15-8-12-17(13-9-15)22-20-18(19-21-22)16-10-6-14(2)7-11-16/h6-13H,3-5H2,1-2H3. The number of benzene rings is 2. The summed E-state index contributed by atoms with van der Waals surface area (Å²) in [5.41, 5.74) is 4.49. The maximum Gasteiger partial charge on any atom is 0.205 e. The van der Waals surface area contributed by atoms with E-state index in [1.165, 1.54) is 24.0 Å². The highest BCUT2D eigenvalue weighted by Gasteiger charge is 2.07. The fraction of sp³-hybridized carbons (Fsp3) is 0.278. The molecule has 4 heteroatoms. The molecule has 0 aliphatic rings. The Bertz CT molecular complexity index is 727. The summed E-state index contributed by atoms with van der Waals surface area (Å²) in [6.07, 6.45) is 3.56. The first-order valence-corrected chi connectivity index (χ1v) is 7.72. The van der Waals surface area contributed by atoms with Crippen molar-refractivity contribution in [3.8, 4) is 17.1 Å². The van der Waals surface area contributed by atoms with E-state index in [-0.39, 0.29) is 0 Å². The van der Waals surface area contributed by atoms with Crippen LogP contribution in [0.15, 0.2) is 48.5 Å². The summed E-state index contributed by atoms with van der Waals surface area (Å²) in [6, 6.07) is 16.5. The molecule has 0 aliphatic heterocycles. The number of aryl methyl sites for hydroxylation is 2. The van der Waals surface area contributed by atoms with Gasteiger partial charge in [-0.2, -0.15) is 0 Å². The van der Waals surface area contributed by atoms with Crippen LogP contribution in [0.25, 0.3) is 17.1 Å². The van der Waals surface area contributed by atoms with E-state index in [0.717, 1.165) is 17.7 Å². The van der Waals surface area contributed by atoms with Crippen molar-refractivity contribution in [1.82, 2.24) is 20.2 Å². The molecule has 0 aliphatic carbocycles. The number of nitrogens with zero attached hydrogens (tertiary/aromatic N) is 4. The number of unbranched alkanes of at least 4 members (excludes halogenated alkanes) is 1. The van der Waals surface area contributed by atoms with Gasteiger partial charge in [-0.1, -0.05) is 55.3 Å². The molecule has 0 N–H and O–H groups in total. The summed E-state index contributed by atoms with van der Waals surface area (Å²) in [5.74, 6) is 0.648. The third-order valence-electron chi connectivity index (χ3n) is 3.71. The van der Waals surface area contributed by atoms with Crippen LogP contribution in [0.5, 0.6) is 0 Å². The molecular formula is C18H20N4. The third kappa shape index (κ3) is 3.22. The van der Waals surface area contributed by atoms with Crippen molar-refractivity contribution in [1.29, 1.82) is 0 Å². The lowest BCUT2D eigenvalue weighted by atomic mass is 10.1. The van der Waals surface area contributed by atoms with Gasteiger partial charge in [0.1, 0.15) is 0 Å². The van der Waals surface area contributed by atoms with Crippen molar-refractivity contribution in [3.05, 3.63) is 59.7 Å². The average Bonchev–Trinajstić information content (AvgIpc) is 3.04. The Kier molecular flexibility index (Phi) is 4.28. The van der Waals surface area contributed by atoms with E-state index in [4.69, 9.17) is 0 Å². The Morgan fingerprint density at radius 1 is 0.955 bits per heavy atom. The third-order valence-corrected chi connectivity index (χ3v) is 3.71. The number of hydrogen-bond acceptors (Lipinski definition) is 3. The molecule has 0 radical (unpaired) electrons. The molecule has 0 fully saturated rings. The molecule has 0 atom stereocenters. The van der Waals surface area contributed by atoms with Gasteiger partial charge in [-0.3, -0.25) is 0 Å². The molecule has 1 aromatic heterocycles. The molecule has 3 aromatic rings. The van der Waals surface area contributed by atoms with Crippen molar-refractivity contribution in [3.63, 3.8) is 0 Å². The van der Waals surface area contributed by atoms with Crippen LogP contribution in [0.2, 0.25) is 0 Å². The Morgan fingerprint density at radius 2 is 1.68 bits per heavy atom. The lowest BCUT2D eigenvalue weighted by Gasteiger charge is -2.02. The smallest absolute Gasteiger partial charge is 0.130 e. The molecule has 4 nitrogen and oxygen atoms in total. The molecule has 22 heavy (non-hydrogen) atoms. The van der Waals surface area contributed by atoms with Gasteiger partial charge in [0.2, 0.25) is 5.82 Å². The van der Waals surface area contributed by atoms with E-state index >= 15 is 0 Å². The van der Waals surface area contributed by atoms with Crippen LogP contribution >= 0.6 is 0 Å². The Balaban J connectivity index is 1.79. The summed E-state index contributed by atoms with van der Waals surface area (Å²) in [7, 11) is 0. The van der Waals surface area contributed by atoms with Gasteiger partial charge in [0.05, 0.1) is 5.69 Å². The Hall–Kier alpha value is -2.49. The van der Waals surface area contributed by atoms with Crippen molar-refractivity contribution in [2.24, 2.45) is 0 Å². The highest BCUT2D eigenvalue weighted by molar-refractivity contribution is 5.54. The molecule has 0 spiro atoms. The normalized spacial score (nSPS) is 10.8. The highest BCUT2D eigenvalue weighted by atomic mass is 15.6. The van der Waals surface area contributed by atoms with E-state index in [1.807, 2.05) is 24.3 Å². The summed E-state index contributed by atoms with van der Waals surface area (Å²) in [6.45, 7) is 4.27. The summed E-state index contributed by atoms with van der Waals surface area (Å²) < 4.78 is 0. The lowest BCUT2D eigenvalue weighted by molar-refractivity contribution is 0.719. The van der Waals surface area contributed by atoms with Crippen molar-refractivity contribution in [2.45, 2.75) is 33.1 Å². The quantitative estimate of drug-likeness (QED) is 0.714. The molecule has 0 bridgehead atoms. The van der Waals surface area contributed by atoms with Crippen LogP contribution in [0.1, 0.15) is 30.9 Å². The van der Waals surface area contributed by atoms with Gasteiger partial charge in [-0.15, -0.1) is 15.0 Å². The summed E-state index contributed by atoms with van der Waals surface area (Å²) in [5, 5.41) is 12.8. The summed E-state index contributed by atoms with van der Waals surface area (Å²) in [4.78, 5) is 1.58. The minimum absolute atomic E-state index is 0.648. The van der Waals surface area contributed by atoms with Gasteiger partial charge in [-0.25, -0.2) is 0 Å². The maximum absolute atomic E-state index is 4.47. The molecular weight excluding hydrogens is 272 g/mol. The minimum Gasteiger partial charge on any atom is -0.130 e. The van der Waals surface area contributed by atoms with Crippen LogP contribution in [-0.4, -0.2) is 20.2 Å². The van der Waals surface area contributed by atoms with Crippen molar-refractivity contribution >= 4 is 0 Å². The fourth-order valence-corrected chi connectivity index (χ4v) is 2.32. The summed E-state index contributed by atoms with van der Waals surface area (Å²) >= 11 is 0. The number of rotatable bonds is 5. The average molecular weight is 292 g/mol. The first-order valence-electron chi connectivity index (χ1n) is 7.72. The monoisotopic (exact) mass is 292 g/mol. The minimum atomic E-state index is 0.648. The van der Waals surface area contributed by atoms with E-state index in [0.29, 0.717) is 5.82 Å². The number of hydrogen-bond donors (Lipinski definition) is 0. The van der Waals surface area contributed by atoms with Gasteiger partial charge in [0.15, 0.2) is 0 Å². The van der Waals surface area contributed by atoms with Crippen LogP contribution in [0.4, 0.5) is 0 Å². The Labute approximate surface area is 130 Å². The molecule has 0 amide bonds. The van der Waals surface area contributed by atoms with Crippen LogP contribution < -0.4 is 0 Å². The van der Waals surface area contributed by atoms with Crippen molar-refractivity contribution < 1.29 is 0 Å². The van der Waals surface area contributed by atoms with Gasteiger partial charge in [-0.05, 0) is 42.7 Å². The first-order chi connectivity index (χ1) is 10.8. The van der Waals surface area contributed by atoms with Crippen LogP contribution in [0, 0.1) is 6.92 Å². The van der Waals surface area contributed by atoms with E-state index < -0.39 is 0 Å². The van der Waals surface area contributed by atoms with E-state index in [2.05, 4.69) is 53.5 Å². The lowest BCUT2D eigenvalue weighted by Crippen LogP contribution is -1.99. The van der Waals surface area contributed by atoms with Gasteiger partial charge >= 0.3 is 0 Å². The van der Waals surface area contributed by atoms with E-state index in [1.54, 1.807) is 4.80 Å². The zero-order valence-electron chi connectivity index (χ0n) is 13.0. The van der Waals surface area contributed by atoms with E-state index in [9.17, 15) is 0 Å². The van der Waals surface area contributed by atoms with Crippen LogP contribution in [0.3, 0.4) is 0 Å². The fourth-order valence-electron chi connectivity index (χ4n) is 2.32. The molecule has 0 saturated heterocycles. The van der Waals surface area contributed by atoms with Gasteiger partial charge < -0.3 is 0 Å². The van der Waals surface area contributed by atoms with Gasteiger partial charge in [0.25, 0.3) is 0 Å².